The van der Waals surface area contributed by atoms with Crippen molar-refractivity contribution in [3.05, 3.63) is 30.3 Å². The van der Waals surface area contributed by atoms with Crippen LogP contribution in [0, 0.1) is 0 Å². The summed E-state index contributed by atoms with van der Waals surface area (Å²) in [7, 11) is 1.40. The standard InChI is InChI=1S/C12H16BrNO2/c1-3-14(9-11(13)12(15)16-2)10-7-5-4-6-8-10/h4-8,11H,3,9H2,1-2H3/t11-/m1/s1. The van der Waals surface area contributed by atoms with Gasteiger partial charge >= 0.3 is 5.97 Å². The topological polar surface area (TPSA) is 29.5 Å². The molecular weight excluding hydrogens is 270 g/mol. The lowest BCUT2D eigenvalue weighted by atomic mass is 10.2. The molecule has 0 N–H and O–H groups in total. The molecular formula is C12H16BrNO2. The number of hydrogen-bond donors (Lipinski definition) is 0. The van der Waals surface area contributed by atoms with E-state index in [1.54, 1.807) is 0 Å². The number of halogens is 1. The number of esters is 1. The van der Waals surface area contributed by atoms with E-state index in [-0.39, 0.29) is 10.8 Å². The first-order chi connectivity index (χ1) is 7.69. The summed E-state index contributed by atoms with van der Waals surface area (Å²) in [5.74, 6) is -0.241. The van der Waals surface area contributed by atoms with E-state index in [1.807, 2.05) is 30.3 Å². The molecule has 1 atom stereocenters. The number of ether oxygens (including phenoxy) is 1. The van der Waals surface area contributed by atoms with E-state index < -0.39 is 0 Å². The molecule has 1 aromatic rings. The number of alkyl halides is 1. The molecule has 0 aliphatic heterocycles. The number of carbonyl (C=O) groups excluding carboxylic acids is 1. The maximum absolute atomic E-state index is 11.3. The van der Waals surface area contributed by atoms with Crippen LogP contribution in [0.4, 0.5) is 5.69 Å². The van der Waals surface area contributed by atoms with Gasteiger partial charge in [-0.05, 0) is 19.1 Å². The molecule has 0 unspecified atom stereocenters. The number of nitrogens with zero attached hydrogens (tertiary/aromatic N) is 1. The van der Waals surface area contributed by atoms with Crippen molar-refractivity contribution < 1.29 is 9.53 Å². The van der Waals surface area contributed by atoms with Gasteiger partial charge < -0.3 is 9.64 Å². The lowest BCUT2D eigenvalue weighted by Gasteiger charge is -2.24. The van der Waals surface area contributed by atoms with E-state index in [0.29, 0.717) is 6.54 Å². The first-order valence-corrected chi connectivity index (χ1v) is 6.12. The number of carbonyl (C=O) groups is 1. The lowest BCUT2D eigenvalue weighted by Crippen LogP contribution is -2.34. The fraction of sp³-hybridized carbons (Fsp3) is 0.417. The van der Waals surface area contributed by atoms with E-state index in [2.05, 4.69) is 32.5 Å². The van der Waals surface area contributed by atoms with Crippen molar-refractivity contribution in [2.75, 3.05) is 25.1 Å². The second kappa shape index (κ2) is 6.53. The van der Waals surface area contributed by atoms with Crippen LogP contribution in [0.25, 0.3) is 0 Å². The zero-order chi connectivity index (χ0) is 12.0. The third kappa shape index (κ3) is 3.52. The Balaban J connectivity index is 2.66. The van der Waals surface area contributed by atoms with Crippen LogP contribution in [0.3, 0.4) is 0 Å². The molecule has 0 saturated heterocycles. The van der Waals surface area contributed by atoms with Crippen LogP contribution in [-0.4, -0.2) is 31.0 Å². The highest BCUT2D eigenvalue weighted by Crippen LogP contribution is 2.15. The Morgan fingerprint density at radius 3 is 2.56 bits per heavy atom. The first kappa shape index (κ1) is 13.0. The molecule has 0 aromatic heterocycles. The van der Waals surface area contributed by atoms with Crippen molar-refractivity contribution in [2.45, 2.75) is 11.8 Å². The lowest BCUT2D eigenvalue weighted by molar-refractivity contribution is -0.139. The van der Waals surface area contributed by atoms with E-state index in [1.165, 1.54) is 7.11 Å². The van der Waals surface area contributed by atoms with E-state index in [0.717, 1.165) is 12.2 Å². The molecule has 0 aliphatic rings. The minimum absolute atomic E-state index is 0.241. The van der Waals surface area contributed by atoms with Gasteiger partial charge in [0.25, 0.3) is 0 Å². The molecule has 0 saturated carbocycles. The fourth-order valence-corrected chi connectivity index (χ4v) is 1.99. The van der Waals surface area contributed by atoms with Gasteiger partial charge in [0.1, 0.15) is 4.83 Å². The van der Waals surface area contributed by atoms with Gasteiger partial charge in [-0.2, -0.15) is 0 Å². The van der Waals surface area contributed by atoms with Crippen molar-refractivity contribution in [2.24, 2.45) is 0 Å². The molecule has 1 aromatic carbocycles. The smallest absolute Gasteiger partial charge is 0.321 e. The first-order valence-electron chi connectivity index (χ1n) is 5.21. The number of anilines is 1. The van der Waals surface area contributed by atoms with E-state index in [4.69, 9.17) is 0 Å². The quantitative estimate of drug-likeness (QED) is 0.615. The molecule has 0 amide bonds. The highest BCUT2D eigenvalue weighted by atomic mass is 79.9. The Kier molecular flexibility index (Phi) is 5.32. The SMILES string of the molecule is CCN(C[C@@H](Br)C(=O)OC)c1ccccc1. The maximum atomic E-state index is 11.3. The fourth-order valence-electron chi connectivity index (χ4n) is 1.45. The average molecular weight is 286 g/mol. The van der Waals surface area contributed by atoms with Crippen molar-refractivity contribution in [1.29, 1.82) is 0 Å². The van der Waals surface area contributed by atoms with Crippen molar-refractivity contribution in [3.8, 4) is 0 Å². The van der Waals surface area contributed by atoms with Crippen molar-refractivity contribution in [1.82, 2.24) is 0 Å². The Morgan fingerprint density at radius 2 is 2.06 bits per heavy atom. The normalized spacial score (nSPS) is 11.9. The number of rotatable bonds is 5. The number of hydrogen-bond acceptors (Lipinski definition) is 3. The van der Waals surface area contributed by atoms with Gasteiger partial charge in [0.05, 0.1) is 7.11 Å². The predicted octanol–water partition coefficient (Wildman–Crippen LogP) is 2.45. The van der Waals surface area contributed by atoms with Crippen LogP contribution < -0.4 is 4.90 Å². The number of para-hydroxylation sites is 1. The Bertz CT molecular complexity index is 329. The molecule has 0 aliphatic carbocycles. The van der Waals surface area contributed by atoms with E-state index in [9.17, 15) is 4.79 Å². The molecule has 0 radical (unpaired) electrons. The molecule has 4 heteroatoms. The van der Waals surface area contributed by atoms with Crippen LogP contribution in [-0.2, 0) is 9.53 Å². The molecule has 0 spiro atoms. The largest absolute Gasteiger partial charge is 0.468 e. The molecule has 0 bridgehead atoms. The monoisotopic (exact) mass is 285 g/mol. The zero-order valence-electron chi connectivity index (χ0n) is 9.52. The van der Waals surface area contributed by atoms with Crippen LogP contribution >= 0.6 is 15.9 Å². The predicted molar refractivity (Wildman–Crippen MR) is 69.1 cm³/mol. The second-order valence-corrected chi connectivity index (χ2v) is 4.47. The van der Waals surface area contributed by atoms with E-state index >= 15 is 0 Å². The van der Waals surface area contributed by atoms with Gasteiger partial charge in [-0.1, -0.05) is 34.1 Å². The minimum atomic E-state index is -0.294. The number of methoxy groups -OCH3 is 1. The number of benzene rings is 1. The van der Waals surface area contributed by atoms with Gasteiger partial charge in [-0.25, -0.2) is 0 Å². The molecule has 88 valence electrons. The third-order valence-corrected chi connectivity index (χ3v) is 3.00. The van der Waals surface area contributed by atoms with Crippen LogP contribution in [0.1, 0.15) is 6.92 Å². The van der Waals surface area contributed by atoms with Gasteiger partial charge in [0.15, 0.2) is 0 Å². The second-order valence-electron chi connectivity index (χ2n) is 3.36. The highest BCUT2D eigenvalue weighted by Gasteiger charge is 2.18. The maximum Gasteiger partial charge on any atom is 0.321 e. The van der Waals surface area contributed by atoms with Crippen LogP contribution in [0.15, 0.2) is 30.3 Å². The summed E-state index contributed by atoms with van der Waals surface area (Å²) < 4.78 is 4.68. The van der Waals surface area contributed by atoms with Crippen LogP contribution in [0.2, 0.25) is 0 Å². The molecule has 3 nitrogen and oxygen atoms in total. The molecule has 0 heterocycles. The Labute approximate surface area is 105 Å². The van der Waals surface area contributed by atoms with Gasteiger partial charge in [0.2, 0.25) is 0 Å². The Morgan fingerprint density at radius 1 is 1.44 bits per heavy atom. The summed E-state index contributed by atoms with van der Waals surface area (Å²) in [6.45, 7) is 3.51. The highest BCUT2D eigenvalue weighted by molar-refractivity contribution is 9.10. The van der Waals surface area contributed by atoms with Gasteiger partial charge in [0, 0.05) is 18.8 Å². The summed E-state index contributed by atoms with van der Waals surface area (Å²) in [4.78, 5) is 13.1. The average Bonchev–Trinajstić information content (AvgIpc) is 2.35. The summed E-state index contributed by atoms with van der Waals surface area (Å²) in [5, 5.41) is 0. The third-order valence-electron chi connectivity index (χ3n) is 2.34. The zero-order valence-corrected chi connectivity index (χ0v) is 11.1. The minimum Gasteiger partial charge on any atom is -0.468 e. The molecule has 0 fully saturated rings. The molecule has 16 heavy (non-hydrogen) atoms. The van der Waals surface area contributed by atoms with Crippen molar-refractivity contribution in [3.63, 3.8) is 0 Å². The molecule has 1 rings (SSSR count). The van der Waals surface area contributed by atoms with Gasteiger partial charge in [-0.15, -0.1) is 0 Å². The summed E-state index contributed by atoms with van der Waals surface area (Å²) >= 11 is 3.33. The summed E-state index contributed by atoms with van der Waals surface area (Å²) in [6.07, 6.45) is 0. The van der Waals surface area contributed by atoms with Crippen molar-refractivity contribution >= 4 is 27.6 Å². The summed E-state index contributed by atoms with van der Waals surface area (Å²) in [6, 6.07) is 10.0. The van der Waals surface area contributed by atoms with Gasteiger partial charge in [-0.3, -0.25) is 4.79 Å². The van der Waals surface area contributed by atoms with Crippen LogP contribution in [0.5, 0.6) is 0 Å². The summed E-state index contributed by atoms with van der Waals surface area (Å²) in [5.41, 5.74) is 1.11. The Hall–Kier alpha value is -1.03.